The number of carbonyl (C=O) groups excluding carboxylic acids is 3. The summed E-state index contributed by atoms with van der Waals surface area (Å²) in [5, 5.41) is 13.6. The Hall–Kier alpha value is -5.97. The van der Waals surface area contributed by atoms with E-state index in [4.69, 9.17) is 9.72 Å². The summed E-state index contributed by atoms with van der Waals surface area (Å²) in [5.74, 6) is 6.45. The summed E-state index contributed by atoms with van der Waals surface area (Å²) in [7, 11) is 1.68. The first-order valence-corrected chi connectivity index (χ1v) is 21.9. The molecular formula is C44H50F2N12O5. The molecule has 1 saturated carbocycles. The Labute approximate surface area is 361 Å². The minimum atomic E-state index is -2.87. The molecule has 63 heavy (non-hydrogen) atoms. The van der Waals surface area contributed by atoms with Crippen LogP contribution in [0, 0.1) is 17.8 Å². The molecule has 4 aliphatic heterocycles. The molecule has 330 valence electrons. The smallest absolute Gasteiger partial charge is 0.329 e. The lowest BCUT2D eigenvalue weighted by atomic mass is 9.85. The van der Waals surface area contributed by atoms with Gasteiger partial charge in [-0.15, -0.1) is 0 Å². The minimum Gasteiger partial charge on any atom is -0.374 e. The number of imide groups is 1. The van der Waals surface area contributed by atoms with Crippen molar-refractivity contribution in [1.82, 2.24) is 48.6 Å². The molecule has 2 bridgehead atoms. The van der Waals surface area contributed by atoms with Gasteiger partial charge in [0.05, 0.1) is 59.8 Å². The Morgan fingerprint density at radius 3 is 2.65 bits per heavy atom. The number of amides is 3. The average Bonchev–Trinajstić information content (AvgIpc) is 4.12. The Balaban J connectivity index is 0.730. The van der Waals surface area contributed by atoms with Crippen LogP contribution in [0.4, 0.5) is 20.3 Å². The number of aromatic nitrogens is 7. The molecule has 4 atom stereocenters. The molecule has 4 saturated heterocycles. The normalized spacial score (nSPS) is 25.6. The quantitative estimate of drug-likeness (QED) is 0.164. The SMILES string of the molecule is C[C@@H]1CN(C[C@H]2CC[C@H](n3cc(NC(=O)c4cnn5ccc(N6C[C@H]7C[C@@H]6CO7)nc45)c(C(F)F)n3)CC2)CCN1CC#Cc1cccc2c1n(C)c(=O)n2C1CCC(=O)NC1=O. The lowest BCUT2D eigenvalue weighted by molar-refractivity contribution is -0.135. The van der Waals surface area contributed by atoms with Crippen LogP contribution >= 0.6 is 0 Å². The third-order valence-corrected chi connectivity index (χ3v) is 13.7. The fourth-order valence-corrected chi connectivity index (χ4v) is 10.3. The first kappa shape index (κ1) is 41.1. The highest BCUT2D eigenvalue weighted by molar-refractivity contribution is 6.08. The van der Waals surface area contributed by atoms with Crippen molar-refractivity contribution >= 4 is 45.9 Å². The number of aryl methyl sites for hydroxylation is 1. The van der Waals surface area contributed by atoms with Crippen LogP contribution in [0.1, 0.15) is 92.0 Å². The minimum absolute atomic E-state index is 0.00952. The Morgan fingerprint density at radius 2 is 1.90 bits per heavy atom. The molecule has 4 aromatic heterocycles. The van der Waals surface area contributed by atoms with Gasteiger partial charge in [-0.05, 0) is 69.6 Å². The van der Waals surface area contributed by atoms with Crippen molar-refractivity contribution in [3.05, 3.63) is 70.2 Å². The van der Waals surface area contributed by atoms with Crippen LogP contribution in [-0.4, -0.2) is 125 Å². The number of morpholine rings is 1. The number of nitrogens with one attached hydrogen (secondary N) is 2. The van der Waals surface area contributed by atoms with Crippen molar-refractivity contribution in [2.75, 3.05) is 56.1 Å². The van der Waals surface area contributed by atoms with Crippen LogP contribution in [0.25, 0.3) is 16.7 Å². The number of ether oxygens (including phenoxy) is 1. The molecule has 10 rings (SSSR count). The van der Waals surface area contributed by atoms with Crippen LogP contribution < -0.4 is 21.2 Å². The lowest BCUT2D eigenvalue weighted by Crippen LogP contribution is -2.52. The number of anilines is 2. The fraction of sp³-hybridized carbons (Fsp3) is 0.523. The zero-order valence-corrected chi connectivity index (χ0v) is 35.3. The number of fused-ring (bicyclic) bond motifs is 4. The predicted octanol–water partition coefficient (Wildman–Crippen LogP) is 3.51. The zero-order chi connectivity index (χ0) is 43.5. The van der Waals surface area contributed by atoms with E-state index < -0.39 is 30.0 Å². The van der Waals surface area contributed by atoms with E-state index >= 15 is 0 Å². The van der Waals surface area contributed by atoms with Gasteiger partial charge in [-0.2, -0.15) is 10.2 Å². The van der Waals surface area contributed by atoms with Gasteiger partial charge in [0.25, 0.3) is 12.3 Å². The van der Waals surface area contributed by atoms with Crippen LogP contribution in [0.2, 0.25) is 0 Å². The summed E-state index contributed by atoms with van der Waals surface area (Å²) in [5.41, 5.74) is 1.74. The van der Waals surface area contributed by atoms with E-state index in [1.807, 2.05) is 24.3 Å². The van der Waals surface area contributed by atoms with Crippen molar-refractivity contribution < 1.29 is 27.9 Å². The maximum absolute atomic E-state index is 14.3. The van der Waals surface area contributed by atoms with Crippen LogP contribution in [0.5, 0.6) is 0 Å². The van der Waals surface area contributed by atoms with Crippen LogP contribution in [-0.2, 0) is 21.4 Å². The molecule has 0 spiro atoms. The van der Waals surface area contributed by atoms with E-state index in [0.29, 0.717) is 41.3 Å². The largest absolute Gasteiger partial charge is 0.374 e. The summed E-state index contributed by atoms with van der Waals surface area (Å²) < 4.78 is 40.5. The van der Waals surface area contributed by atoms with E-state index in [-0.39, 0.29) is 59.9 Å². The van der Waals surface area contributed by atoms with Gasteiger partial charge >= 0.3 is 5.69 Å². The molecule has 5 aliphatic rings. The van der Waals surface area contributed by atoms with Gasteiger partial charge in [-0.1, -0.05) is 17.9 Å². The molecule has 5 fully saturated rings. The van der Waals surface area contributed by atoms with Gasteiger partial charge in [0, 0.05) is 64.6 Å². The highest BCUT2D eigenvalue weighted by Gasteiger charge is 2.40. The Bertz CT molecular complexity index is 2720. The molecule has 19 heteroatoms. The molecule has 17 nitrogen and oxygen atoms in total. The van der Waals surface area contributed by atoms with Crippen LogP contribution in [0.3, 0.4) is 0 Å². The number of nitrogens with zero attached hydrogens (tertiary/aromatic N) is 10. The highest BCUT2D eigenvalue weighted by Crippen LogP contribution is 2.36. The zero-order valence-electron chi connectivity index (χ0n) is 35.3. The molecule has 5 aromatic rings. The molecule has 2 N–H and O–H groups in total. The van der Waals surface area contributed by atoms with E-state index in [9.17, 15) is 28.0 Å². The number of benzene rings is 1. The topological polar surface area (TPSA) is 169 Å². The van der Waals surface area contributed by atoms with E-state index in [1.54, 1.807) is 24.1 Å². The number of hydrogen-bond donors (Lipinski definition) is 2. The van der Waals surface area contributed by atoms with Gasteiger partial charge in [-0.3, -0.25) is 38.4 Å². The molecule has 1 aromatic carbocycles. The summed E-state index contributed by atoms with van der Waals surface area (Å²) in [6.07, 6.45) is 6.89. The Kier molecular flexibility index (Phi) is 10.8. The summed E-state index contributed by atoms with van der Waals surface area (Å²) in [6.45, 7) is 7.78. The lowest BCUT2D eigenvalue weighted by Gasteiger charge is -2.41. The second-order valence-electron chi connectivity index (χ2n) is 17.7. The van der Waals surface area contributed by atoms with Crippen molar-refractivity contribution in [2.45, 2.75) is 88.6 Å². The standard InChI is InChI=1S/C44H50F2N12O5/c1-26-21-53(17-18-54(26)15-4-6-28-5-3-7-34-39(28)52(2)44(62)58(34)35-12-13-37(59)50-43(35)61)22-27-8-10-29(11-9-27)57-24-33(38(51-57)40(45)46)48-42(60)32-20-47-56-16-14-36(49-41(32)56)55-23-31-19-30(55)25-63-31/h3,5,7,14,16,20,24,26-27,29-31,35,40H,8-13,15,17-19,21-23,25H2,1-2H3,(H,48,60)(H,50,59,61)/t26-,27-,29-,30-,31-,35?/m1/s1. The number of para-hydroxylation sites is 1. The van der Waals surface area contributed by atoms with E-state index in [1.165, 1.54) is 19.8 Å². The third kappa shape index (κ3) is 7.78. The summed E-state index contributed by atoms with van der Waals surface area (Å²) in [4.78, 5) is 63.1. The summed E-state index contributed by atoms with van der Waals surface area (Å²) in [6, 6.07) is 7.10. The number of hydrogen-bond acceptors (Lipinski definition) is 11. The van der Waals surface area contributed by atoms with Gasteiger partial charge in [0.15, 0.2) is 11.3 Å². The Morgan fingerprint density at radius 1 is 1.06 bits per heavy atom. The van der Waals surface area contributed by atoms with Gasteiger partial charge in [-0.25, -0.2) is 23.1 Å². The van der Waals surface area contributed by atoms with E-state index in [2.05, 4.69) is 54.3 Å². The predicted molar refractivity (Wildman–Crippen MR) is 228 cm³/mol. The monoisotopic (exact) mass is 864 g/mol. The van der Waals surface area contributed by atoms with Crippen LogP contribution in [0.15, 0.2) is 47.7 Å². The number of piperidine rings is 1. The van der Waals surface area contributed by atoms with E-state index in [0.717, 1.165) is 70.6 Å². The van der Waals surface area contributed by atoms with Crippen molar-refractivity contribution in [1.29, 1.82) is 0 Å². The summed E-state index contributed by atoms with van der Waals surface area (Å²) >= 11 is 0. The maximum atomic E-state index is 14.3. The van der Waals surface area contributed by atoms with Gasteiger partial charge < -0.3 is 19.9 Å². The molecule has 8 heterocycles. The van der Waals surface area contributed by atoms with Gasteiger partial charge in [0.1, 0.15) is 17.4 Å². The number of alkyl halides is 2. The molecular weight excluding hydrogens is 815 g/mol. The second-order valence-corrected chi connectivity index (χ2v) is 17.7. The van der Waals surface area contributed by atoms with Crippen molar-refractivity contribution in [2.24, 2.45) is 13.0 Å². The van der Waals surface area contributed by atoms with Crippen molar-refractivity contribution in [3.63, 3.8) is 0 Å². The number of rotatable bonds is 9. The maximum Gasteiger partial charge on any atom is 0.329 e. The first-order valence-electron chi connectivity index (χ1n) is 21.9. The van der Waals surface area contributed by atoms with Gasteiger partial charge in [0.2, 0.25) is 11.8 Å². The van der Waals surface area contributed by atoms with Crippen molar-refractivity contribution in [3.8, 4) is 11.8 Å². The second kappa shape index (κ2) is 16.6. The molecule has 1 aliphatic carbocycles. The highest BCUT2D eigenvalue weighted by atomic mass is 19.3. The number of imidazole rings is 1. The molecule has 3 amide bonds. The first-order chi connectivity index (χ1) is 30.5. The number of carbonyl (C=O) groups is 3. The number of piperazine rings is 1. The number of halogens is 2. The molecule has 1 unspecified atom stereocenters. The average molecular weight is 865 g/mol. The third-order valence-electron chi connectivity index (χ3n) is 13.7. The fourth-order valence-electron chi connectivity index (χ4n) is 10.3. The molecule has 0 radical (unpaired) electrons.